The van der Waals surface area contributed by atoms with E-state index in [9.17, 15) is 4.79 Å². The van der Waals surface area contributed by atoms with Crippen LogP contribution in [0.3, 0.4) is 0 Å². The van der Waals surface area contributed by atoms with Crippen LogP contribution in [-0.4, -0.2) is 19.7 Å². The first-order valence-corrected chi connectivity index (χ1v) is 6.95. The summed E-state index contributed by atoms with van der Waals surface area (Å²) in [4.78, 5) is 19.0. The minimum atomic E-state index is -0.173. The van der Waals surface area contributed by atoms with Gasteiger partial charge in [-0.3, -0.25) is 4.79 Å². The largest absolute Gasteiger partial charge is 0.396 e. The van der Waals surface area contributed by atoms with Crippen molar-refractivity contribution >= 4 is 5.69 Å². The van der Waals surface area contributed by atoms with E-state index < -0.39 is 0 Å². The van der Waals surface area contributed by atoms with Gasteiger partial charge in [-0.2, -0.15) is 5.10 Å². The number of rotatable bonds is 4. The Balaban J connectivity index is 2.65. The molecule has 2 aromatic heterocycles. The van der Waals surface area contributed by atoms with E-state index in [1.165, 1.54) is 6.07 Å². The molecule has 2 rings (SSSR count). The van der Waals surface area contributed by atoms with Crippen LogP contribution in [-0.2, 0) is 12.8 Å². The maximum Gasteiger partial charge on any atom is 0.253 e. The molecule has 0 fully saturated rings. The number of hydrogen-bond acceptors (Lipinski definition) is 4. The highest BCUT2D eigenvalue weighted by atomic mass is 16.1. The average molecular weight is 275 g/mol. The highest BCUT2D eigenvalue weighted by Gasteiger charge is 2.16. The van der Waals surface area contributed by atoms with Crippen molar-refractivity contribution in [3.8, 4) is 5.82 Å². The predicted molar refractivity (Wildman–Crippen MR) is 79.2 cm³/mol. The Labute approximate surface area is 118 Å². The van der Waals surface area contributed by atoms with Crippen molar-refractivity contribution in [2.75, 3.05) is 5.73 Å². The molecule has 6 heteroatoms. The van der Waals surface area contributed by atoms with Gasteiger partial charge in [0, 0.05) is 12.0 Å². The fourth-order valence-electron chi connectivity index (χ4n) is 2.15. The summed E-state index contributed by atoms with van der Waals surface area (Å²) in [7, 11) is 0. The molecule has 2 aromatic rings. The van der Waals surface area contributed by atoms with E-state index in [-0.39, 0.29) is 11.5 Å². The third-order valence-corrected chi connectivity index (χ3v) is 3.28. The summed E-state index contributed by atoms with van der Waals surface area (Å²) < 4.78 is 1.69. The average Bonchev–Trinajstić information content (AvgIpc) is 2.74. The second-order valence-electron chi connectivity index (χ2n) is 5.07. The Morgan fingerprint density at radius 1 is 1.35 bits per heavy atom. The second kappa shape index (κ2) is 5.48. The zero-order valence-corrected chi connectivity index (χ0v) is 12.4. The standard InChI is InChI=1S/C14H21N5O/c1-5-9-13(15)10(6-2)19(18-9)11-7-12(20)17-14(16-11)8(3)4/h7-8H,5-6,15H2,1-4H3,(H,16,17,20). The van der Waals surface area contributed by atoms with E-state index in [2.05, 4.69) is 15.1 Å². The number of aromatic nitrogens is 4. The molecule has 0 amide bonds. The molecule has 3 N–H and O–H groups in total. The second-order valence-corrected chi connectivity index (χ2v) is 5.07. The van der Waals surface area contributed by atoms with Crippen LogP contribution in [0.1, 0.15) is 50.8 Å². The van der Waals surface area contributed by atoms with E-state index in [4.69, 9.17) is 5.73 Å². The molecule has 0 saturated carbocycles. The summed E-state index contributed by atoms with van der Waals surface area (Å²) in [5, 5.41) is 4.49. The van der Waals surface area contributed by atoms with Gasteiger partial charge in [-0.25, -0.2) is 9.67 Å². The highest BCUT2D eigenvalue weighted by Crippen LogP contribution is 2.21. The third kappa shape index (κ3) is 2.45. The quantitative estimate of drug-likeness (QED) is 0.890. The van der Waals surface area contributed by atoms with E-state index in [0.717, 1.165) is 24.2 Å². The fraction of sp³-hybridized carbons (Fsp3) is 0.500. The summed E-state index contributed by atoms with van der Waals surface area (Å²) in [6.07, 6.45) is 1.50. The number of nitrogens with one attached hydrogen (secondary N) is 1. The van der Waals surface area contributed by atoms with Gasteiger partial charge in [0.05, 0.1) is 17.1 Å². The Hall–Kier alpha value is -2.11. The Kier molecular flexibility index (Phi) is 3.92. The van der Waals surface area contributed by atoms with Crippen molar-refractivity contribution in [1.82, 2.24) is 19.7 Å². The van der Waals surface area contributed by atoms with E-state index >= 15 is 0 Å². The van der Waals surface area contributed by atoms with Crippen molar-refractivity contribution in [1.29, 1.82) is 0 Å². The minimum absolute atomic E-state index is 0.145. The van der Waals surface area contributed by atoms with Crippen LogP contribution in [0.5, 0.6) is 0 Å². The van der Waals surface area contributed by atoms with E-state index in [1.807, 2.05) is 27.7 Å². The van der Waals surface area contributed by atoms with Crippen LogP contribution in [0.15, 0.2) is 10.9 Å². The molecule has 0 unspecified atom stereocenters. The first-order valence-electron chi connectivity index (χ1n) is 6.95. The van der Waals surface area contributed by atoms with Crippen LogP contribution in [0.2, 0.25) is 0 Å². The molecule has 0 spiro atoms. The molecule has 6 nitrogen and oxygen atoms in total. The summed E-state index contributed by atoms with van der Waals surface area (Å²) in [5.41, 5.74) is 8.37. The SMILES string of the molecule is CCc1nn(-c2cc(=O)[nH]c(C(C)C)n2)c(CC)c1N. The Morgan fingerprint density at radius 2 is 2.05 bits per heavy atom. The molecule has 0 saturated heterocycles. The zero-order valence-electron chi connectivity index (χ0n) is 12.4. The molecule has 0 aliphatic rings. The molecule has 0 atom stereocenters. The van der Waals surface area contributed by atoms with Gasteiger partial charge in [-0.1, -0.05) is 27.7 Å². The summed E-state index contributed by atoms with van der Waals surface area (Å²) in [6.45, 7) is 7.99. The number of anilines is 1. The molecule has 2 heterocycles. The van der Waals surface area contributed by atoms with Gasteiger partial charge in [-0.05, 0) is 12.8 Å². The number of H-pyrrole nitrogens is 1. The molecule has 0 aliphatic heterocycles. The number of nitrogens with two attached hydrogens (primary N) is 1. The van der Waals surface area contributed by atoms with Crippen LogP contribution < -0.4 is 11.3 Å². The molecule has 0 aromatic carbocycles. The third-order valence-electron chi connectivity index (χ3n) is 3.28. The van der Waals surface area contributed by atoms with Crippen LogP contribution in [0.25, 0.3) is 5.82 Å². The lowest BCUT2D eigenvalue weighted by atomic mass is 10.2. The summed E-state index contributed by atoms with van der Waals surface area (Å²) >= 11 is 0. The summed E-state index contributed by atoms with van der Waals surface area (Å²) in [5.74, 6) is 1.33. The Morgan fingerprint density at radius 3 is 2.60 bits per heavy atom. The predicted octanol–water partition coefficient (Wildman–Crippen LogP) is 1.79. The highest BCUT2D eigenvalue weighted by molar-refractivity contribution is 5.50. The number of aromatic amines is 1. The van der Waals surface area contributed by atoms with Gasteiger partial charge in [0.1, 0.15) is 5.82 Å². The number of aryl methyl sites for hydroxylation is 1. The van der Waals surface area contributed by atoms with E-state index in [0.29, 0.717) is 17.3 Å². The normalized spacial score (nSPS) is 11.2. The van der Waals surface area contributed by atoms with Gasteiger partial charge < -0.3 is 10.7 Å². The van der Waals surface area contributed by atoms with Crippen LogP contribution in [0, 0.1) is 0 Å². The molecule has 0 radical (unpaired) electrons. The van der Waals surface area contributed by atoms with Crippen molar-refractivity contribution in [2.24, 2.45) is 0 Å². The van der Waals surface area contributed by atoms with Gasteiger partial charge in [0.25, 0.3) is 5.56 Å². The lowest BCUT2D eigenvalue weighted by Crippen LogP contribution is -2.16. The maximum absolute atomic E-state index is 11.8. The van der Waals surface area contributed by atoms with Crippen molar-refractivity contribution in [2.45, 2.75) is 46.5 Å². The molecule has 20 heavy (non-hydrogen) atoms. The van der Waals surface area contributed by atoms with E-state index in [1.54, 1.807) is 4.68 Å². The van der Waals surface area contributed by atoms with Gasteiger partial charge in [0.2, 0.25) is 0 Å². The molecule has 0 bridgehead atoms. The topological polar surface area (TPSA) is 89.6 Å². The van der Waals surface area contributed by atoms with Gasteiger partial charge in [0.15, 0.2) is 5.82 Å². The number of nitrogen functional groups attached to an aromatic ring is 1. The zero-order chi connectivity index (χ0) is 14.9. The van der Waals surface area contributed by atoms with Crippen LogP contribution >= 0.6 is 0 Å². The number of nitrogens with zero attached hydrogens (tertiary/aromatic N) is 3. The fourth-order valence-corrected chi connectivity index (χ4v) is 2.15. The lowest BCUT2D eigenvalue weighted by Gasteiger charge is -2.09. The molecular formula is C14H21N5O. The first-order chi connectivity index (χ1) is 9.47. The summed E-state index contributed by atoms with van der Waals surface area (Å²) in [6, 6.07) is 1.46. The van der Waals surface area contributed by atoms with Crippen molar-refractivity contribution in [3.63, 3.8) is 0 Å². The number of hydrogen-bond donors (Lipinski definition) is 2. The van der Waals surface area contributed by atoms with Gasteiger partial charge >= 0.3 is 0 Å². The lowest BCUT2D eigenvalue weighted by molar-refractivity contribution is 0.718. The molecule has 0 aliphatic carbocycles. The maximum atomic E-state index is 11.8. The monoisotopic (exact) mass is 275 g/mol. The minimum Gasteiger partial charge on any atom is -0.396 e. The molecular weight excluding hydrogens is 254 g/mol. The van der Waals surface area contributed by atoms with Gasteiger partial charge in [-0.15, -0.1) is 0 Å². The van der Waals surface area contributed by atoms with Crippen molar-refractivity contribution in [3.05, 3.63) is 33.6 Å². The van der Waals surface area contributed by atoms with Crippen molar-refractivity contribution < 1.29 is 0 Å². The smallest absolute Gasteiger partial charge is 0.253 e. The van der Waals surface area contributed by atoms with Crippen LogP contribution in [0.4, 0.5) is 5.69 Å². The first kappa shape index (κ1) is 14.3. The Bertz CT molecular complexity index is 669. The molecule has 108 valence electrons.